The molecule has 0 radical (unpaired) electrons. The third kappa shape index (κ3) is 3.94. The molecule has 7 nitrogen and oxygen atoms in total. The van der Waals surface area contributed by atoms with Crippen molar-refractivity contribution in [1.29, 1.82) is 0 Å². The van der Waals surface area contributed by atoms with Gasteiger partial charge in [0, 0.05) is 36.5 Å². The van der Waals surface area contributed by atoms with Gasteiger partial charge in [-0.3, -0.25) is 9.59 Å². The molecule has 1 heterocycles. The quantitative estimate of drug-likeness (QED) is 0.661. The summed E-state index contributed by atoms with van der Waals surface area (Å²) in [5, 5.41) is 5.42. The number of hydrogen-bond donors (Lipinski definition) is 3. The summed E-state index contributed by atoms with van der Waals surface area (Å²) in [6, 6.07) is 3.86. The van der Waals surface area contributed by atoms with Crippen LogP contribution in [0.2, 0.25) is 0 Å². The molecule has 0 bridgehead atoms. The van der Waals surface area contributed by atoms with Crippen molar-refractivity contribution in [2.75, 3.05) is 18.5 Å². The first kappa shape index (κ1) is 15.3. The third-order valence-electron chi connectivity index (χ3n) is 3.22. The van der Waals surface area contributed by atoms with Crippen molar-refractivity contribution >= 4 is 27.3 Å². The van der Waals surface area contributed by atoms with E-state index in [-0.39, 0.29) is 28.1 Å². The minimum atomic E-state index is -3.44. The Labute approximate surface area is 122 Å². The number of nitrogens with one attached hydrogen (secondary N) is 2. The van der Waals surface area contributed by atoms with Gasteiger partial charge in [-0.2, -0.15) is 0 Å². The number of nitrogen functional groups attached to an aromatic ring is 1. The summed E-state index contributed by atoms with van der Waals surface area (Å²) in [5.74, 6) is -0.447. The first-order chi connectivity index (χ1) is 9.75. The Bertz CT molecular complexity index is 675. The van der Waals surface area contributed by atoms with Gasteiger partial charge in [0.1, 0.15) is 0 Å². The van der Waals surface area contributed by atoms with Gasteiger partial charge in [-0.25, -0.2) is 8.42 Å². The summed E-state index contributed by atoms with van der Waals surface area (Å²) in [6.07, 6.45) is 1.97. The molecule has 2 amide bonds. The normalized spacial score (nSPS) is 18.9. The zero-order chi connectivity index (χ0) is 15.6. The number of carbonyl (C=O) groups excluding carboxylic acids is 2. The van der Waals surface area contributed by atoms with Crippen molar-refractivity contribution in [3.63, 3.8) is 0 Å². The second-order valence-electron chi connectivity index (χ2n) is 5.08. The van der Waals surface area contributed by atoms with Crippen molar-refractivity contribution < 1.29 is 18.0 Å². The number of rotatable bonds is 3. The molecule has 0 spiro atoms. The predicted octanol–water partition coefficient (Wildman–Crippen LogP) is -0.319. The lowest BCUT2D eigenvalue weighted by molar-refractivity contribution is -0.122. The molecular formula is C13H17N3O4S. The third-order valence-corrected chi connectivity index (χ3v) is 4.31. The lowest BCUT2D eigenvalue weighted by Crippen LogP contribution is -2.47. The summed E-state index contributed by atoms with van der Waals surface area (Å²) in [6.45, 7) is 0.367. The molecule has 1 aliphatic heterocycles. The monoisotopic (exact) mass is 311 g/mol. The molecule has 1 atom stereocenters. The smallest absolute Gasteiger partial charge is 0.251 e. The van der Waals surface area contributed by atoms with E-state index in [9.17, 15) is 18.0 Å². The number of hydrogen-bond acceptors (Lipinski definition) is 5. The topological polar surface area (TPSA) is 118 Å². The predicted molar refractivity (Wildman–Crippen MR) is 77.5 cm³/mol. The largest absolute Gasteiger partial charge is 0.399 e. The Morgan fingerprint density at radius 1 is 1.38 bits per heavy atom. The van der Waals surface area contributed by atoms with Gasteiger partial charge in [0.05, 0.1) is 4.90 Å². The highest BCUT2D eigenvalue weighted by atomic mass is 32.2. The van der Waals surface area contributed by atoms with Crippen LogP contribution in [-0.2, 0) is 14.6 Å². The molecule has 0 aromatic heterocycles. The maximum absolute atomic E-state index is 12.2. The number of piperidine rings is 1. The second kappa shape index (κ2) is 5.72. The molecule has 8 heteroatoms. The Morgan fingerprint density at radius 2 is 2.10 bits per heavy atom. The van der Waals surface area contributed by atoms with E-state index >= 15 is 0 Å². The highest BCUT2D eigenvalue weighted by Crippen LogP contribution is 2.17. The molecular weight excluding hydrogens is 294 g/mol. The first-order valence-corrected chi connectivity index (χ1v) is 8.33. The summed E-state index contributed by atoms with van der Waals surface area (Å²) in [4.78, 5) is 23.2. The van der Waals surface area contributed by atoms with E-state index in [0.717, 1.165) is 6.26 Å². The average Bonchev–Trinajstić information content (AvgIpc) is 2.39. The van der Waals surface area contributed by atoms with Crippen molar-refractivity contribution in [1.82, 2.24) is 10.6 Å². The van der Waals surface area contributed by atoms with Crippen LogP contribution in [0.5, 0.6) is 0 Å². The van der Waals surface area contributed by atoms with Gasteiger partial charge in [0.15, 0.2) is 9.84 Å². The van der Waals surface area contributed by atoms with E-state index in [4.69, 9.17) is 5.73 Å². The van der Waals surface area contributed by atoms with Crippen LogP contribution in [0, 0.1) is 0 Å². The molecule has 2 rings (SSSR count). The van der Waals surface area contributed by atoms with E-state index < -0.39 is 15.7 Å². The van der Waals surface area contributed by atoms with Gasteiger partial charge in [0.25, 0.3) is 5.91 Å². The van der Waals surface area contributed by atoms with Crippen molar-refractivity contribution in [3.8, 4) is 0 Å². The van der Waals surface area contributed by atoms with E-state index in [1.54, 1.807) is 0 Å². The van der Waals surface area contributed by atoms with Gasteiger partial charge in [-0.15, -0.1) is 0 Å². The van der Waals surface area contributed by atoms with E-state index in [0.29, 0.717) is 19.4 Å². The van der Waals surface area contributed by atoms with Crippen LogP contribution in [0.4, 0.5) is 5.69 Å². The van der Waals surface area contributed by atoms with Crippen LogP contribution < -0.4 is 16.4 Å². The number of anilines is 1. The van der Waals surface area contributed by atoms with Crippen molar-refractivity contribution in [2.45, 2.75) is 23.8 Å². The molecule has 1 fully saturated rings. The number of amides is 2. The zero-order valence-corrected chi connectivity index (χ0v) is 12.4. The first-order valence-electron chi connectivity index (χ1n) is 6.44. The fourth-order valence-corrected chi connectivity index (χ4v) is 2.78. The van der Waals surface area contributed by atoms with Gasteiger partial charge in [-0.1, -0.05) is 0 Å². The van der Waals surface area contributed by atoms with Crippen LogP contribution >= 0.6 is 0 Å². The minimum Gasteiger partial charge on any atom is -0.399 e. The van der Waals surface area contributed by atoms with Crippen LogP contribution in [-0.4, -0.2) is 39.1 Å². The van der Waals surface area contributed by atoms with Crippen molar-refractivity contribution in [2.24, 2.45) is 0 Å². The van der Waals surface area contributed by atoms with Gasteiger partial charge >= 0.3 is 0 Å². The number of carbonyl (C=O) groups is 2. The van der Waals surface area contributed by atoms with Crippen molar-refractivity contribution in [3.05, 3.63) is 23.8 Å². The molecule has 0 aliphatic carbocycles. The maximum atomic E-state index is 12.2. The molecule has 1 aromatic carbocycles. The second-order valence-corrected chi connectivity index (χ2v) is 7.09. The molecule has 1 aliphatic rings. The Kier molecular flexibility index (Phi) is 4.17. The zero-order valence-electron chi connectivity index (χ0n) is 11.5. The van der Waals surface area contributed by atoms with E-state index in [2.05, 4.69) is 10.6 Å². The fourth-order valence-electron chi connectivity index (χ4n) is 2.09. The highest BCUT2D eigenvalue weighted by Gasteiger charge is 2.21. The fraction of sp³-hybridized carbons (Fsp3) is 0.385. The van der Waals surface area contributed by atoms with Crippen LogP contribution in [0.25, 0.3) is 0 Å². The Hall–Kier alpha value is -2.09. The minimum absolute atomic E-state index is 0.00426. The summed E-state index contributed by atoms with van der Waals surface area (Å²) < 4.78 is 23.1. The number of sulfone groups is 1. The van der Waals surface area contributed by atoms with Gasteiger partial charge in [-0.05, 0) is 24.6 Å². The summed E-state index contributed by atoms with van der Waals surface area (Å²) in [5.41, 5.74) is 6.04. The van der Waals surface area contributed by atoms with Crippen LogP contribution in [0.15, 0.2) is 23.1 Å². The maximum Gasteiger partial charge on any atom is 0.251 e. The molecule has 1 saturated heterocycles. The SMILES string of the molecule is CS(=O)(=O)c1cc(N)cc(C(=O)NC2CCC(=O)NC2)c1. The number of benzene rings is 1. The molecule has 0 saturated carbocycles. The van der Waals surface area contributed by atoms with E-state index in [1.807, 2.05) is 0 Å². The number of nitrogens with two attached hydrogens (primary N) is 1. The Balaban J connectivity index is 2.16. The summed E-state index contributed by atoms with van der Waals surface area (Å²) in [7, 11) is -3.44. The van der Waals surface area contributed by atoms with Crippen LogP contribution in [0.1, 0.15) is 23.2 Å². The Morgan fingerprint density at radius 3 is 2.67 bits per heavy atom. The standard InChI is InChI=1S/C13H17N3O4S/c1-21(19,20)11-5-8(4-9(14)6-11)13(18)16-10-2-3-12(17)15-7-10/h4-6,10H,2-3,7,14H2,1H3,(H,15,17)(H,16,18). The molecule has 1 unspecified atom stereocenters. The molecule has 114 valence electrons. The highest BCUT2D eigenvalue weighted by molar-refractivity contribution is 7.90. The van der Waals surface area contributed by atoms with Crippen LogP contribution in [0.3, 0.4) is 0 Å². The molecule has 4 N–H and O–H groups in total. The average molecular weight is 311 g/mol. The van der Waals surface area contributed by atoms with Gasteiger partial charge < -0.3 is 16.4 Å². The lowest BCUT2D eigenvalue weighted by atomic mass is 10.1. The molecule has 21 heavy (non-hydrogen) atoms. The lowest BCUT2D eigenvalue weighted by Gasteiger charge is -2.23. The van der Waals surface area contributed by atoms with Gasteiger partial charge in [0.2, 0.25) is 5.91 Å². The molecule has 1 aromatic rings. The summed E-state index contributed by atoms with van der Waals surface area (Å²) >= 11 is 0. The van der Waals surface area contributed by atoms with E-state index in [1.165, 1.54) is 18.2 Å².